The fourth-order valence-corrected chi connectivity index (χ4v) is 4.46. The fourth-order valence-electron chi connectivity index (χ4n) is 2.81. The van der Waals surface area contributed by atoms with E-state index in [-0.39, 0.29) is 6.61 Å². The van der Waals surface area contributed by atoms with Gasteiger partial charge in [0.15, 0.2) is 0 Å². The summed E-state index contributed by atoms with van der Waals surface area (Å²) < 4.78 is 28.4. The van der Waals surface area contributed by atoms with E-state index in [1.54, 1.807) is 24.3 Å². The Hall–Kier alpha value is -1.85. The van der Waals surface area contributed by atoms with Gasteiger partial charge in [-0.1, -0.05) is 12.1 Å². The molecule has 4 nitrogen and oxygen atoms in total. The van der Waals surface area contributed by atoms with E-state index in [4.69, 9.17) is 0 Å². The average molecular weight is 333 g/mol. The van der Waals surface area contributed by atoms with Crippen LogP contribution in [0.1, 0.15) is 33.4 Å². The highest BCUT2D eigenvalue weighted by atomic mass is 32.2. The second-order valence-corrected chi connectivity index (χ2v) is 7.54. The number of aliphatic hydroxyl groups is 1. The zero-order valence-electron chi connectivity index (χ0n) is 14.2. The maximum Gasteiger partial charge on any atom is 0.262 e. The normalized spacial score (nSPS) is 11.6. The molecule has 0 fully saturated rings. The van der Waals surface area contributed by atoms with Gasteiger partial charge >= 0.3 is 0 Å². The van der Waals surface area contributed by atoms with E-state index in [1.807, 2.05) is 34.6 Å². The Kier molecular flexibility index (Phi) is 4.82. The molecule has 0 heterocycles. The predicted octanol–water partition coefficient (Wildman–Crippen LogP) is 3.52. The zero-order valence-corrected chi connectivity index (χ0v) is 15.0. The van der Waals surface area contributed by atoms with Crippen molar-refractivity contribution in [3.8, 4) is 0 Å². The van der Waals surface area contributed by atoms with Gasteiger partial charge in [-0.3, -0.25) is 4.72 Å². The Labute approximate surface area is 138 Å². The van der Waals surface area contributed by atoms with Gasteiger partial charge in [-0.15, -0.1) is 0 Å². The van der Waals surface area contributed by atoms with Crippen LogP contribution in [-0.2, 0) is 16.6 Å². The molecule has 0 atom stereocenters. The highest BCUT2D eigenvalue weighted by Crippen LogP contribution is 2.30. The van der Waals surface area contributed by atoms with Gasteiger partial charge in [0.25, 0.3) is 10.0 Å². The van der Waals surface area contributed by atoms with Crippen LogP contribution in [0.5, 0.6) is 0 Å². The van der Waals surface area contributed by atoms with Crippen molar-refractivity contribution in [2.45, 2.75) is 46.1 Å². The first-order valence-corrected chi connectivity index (χ1v) is 8.97. The molecule has 23 heavy (non-hydrogen) atoms. The van der Waals surface area contributed by atoms with E-state index in [9.17, 15) is 13.5 Å². The maximum absolute atomic E-state index is 12.9. The Bertz CT molecular complexity index is 826. The molecule has 124 valence electrons. The lowest BCUT2D eigenvalue weighted by Crippen LogP contribution is -2.17. The van der Waals surface area contributed by atoms with Crippen LogP contribution < -0.4 is 4.72 Å². The van der Waals surface area contributed by atoms with Crippen molar-refractivity contribution in [3.05, 3.63) is 57.6 Å². The average Bonchev–Trinajstić information content (AvgIpc) is 2.50. The maximum atomic E-state index is 12.9. The predicted molar refractivity (Wildman–Crippen MR) is 93.3 cm³/mol. The standard InChI is InChI=1S/C18H23NO3S/c1-11-12(2)14(4)18(15(5)13(11)3)23(21,22)19-17-8-6-7-16(9-17)10-20/h6-9,19-20H,10H2,1-5H3. The van der Waals surface area contributed by atoms with Crippen LogP contribution in [0.15, 0.2) is 29.2 Å². The second kappa shape index (κ2) is 6.34. The van der Waals surface area contributed by atoms with Crippen molar-refractivity contribution >= 4 is 15.7 Å². The number of aliphatic hydroxyl groups excluding tert-OH is 1. The third-order valence-electron chi connectivity index (χ3n) is 4.56. The van der Waals surface area contributed by atoms with Crippen molar-refractivity contribution in [1.82, 2.24) is 0 Å². The second-order valence-electron chi connectivity index (χ2n) is 5.92. The molecule has 2 aromatic rings. The Morgan fingerprint density at radius 1 is 0.913 bits per heavy atom. The molecule has 2 aromatic carbocycles. The van der Waals surface area contributed by atoms with Crippen molar-refractivity contribution in [2.24, 2.45) is 0 Å². The van der Waals surface area contributed by atoms with E-state index in [0.29, 0.717) is 16.1 Å². The zero-order chi connectivity index (χ0) is 17.4. The molecule has 0 aromatic heterocycles. The molecule has 0 saturated heterocycles. The summed E-state index contributed by atoms with van der Waals surface area (Å²) in [5.74, 6) is 0. The summed E-state index contributed by atoms with van der Waals surface area (Å²) >= 11 is 0. The summed E-state index contributed by atoms with van der Waals surface area (Å²) in [7, 11) is -3.69. The molecule has 0 aliphatic carbocycles. The minimum atomic E-state index is -3.69. The van der Waals surface area contributed by atoms with Crippen LogP contribution >= 0.6 is 0 Å². The fraction of sp³-hybridized carbons (Fsp3) is 0.333. The van der Waals surface area contributed by atoms with Crippen LogP contribution in [0.4, 0.5) is 5.69 Å². The topological polar surface area (TPSA) is 66.4 Å². The van der Waals surface area contributed by atoms with Crippen molar-refractivity contribution in [3.63, 3.8) is 0 Å². The van der Waals surface area contributed by atoms with Crippen LogP contribution in [0, 0.1) is 34.6 Å². The molecule has 0 unspecified atom stereocenters. The van der Waals surface area contributed by atoms with Gasteiger partial charge in [0, 0.05) is 5.69 Å². The molecule has 0 amide bonds. The Morgan fingerprint density at radius 2 is 1.43 bits per heavy atom. The summed E-state index contributed by atoms with van der Waals surface area (Å²) in [5.41, 5.74) is 5.78. The smallest absolute Gasteiger partial charge is 0.262 e. The van der Waals surface area contributed by atoms with E-state index in [1.165, 1.54) is 0 Å². The van der Waals surface area contributed by atoms with Crippen molar-refractivity contribution in [1.29, 1.82) is 0 Å². The first-order chi connectivity index (χ1) is 10.7. The summed E-state index contributed by atoms with van der Waals surface area (Å²) in [4.78, 5) is 0.340. The quantitative estimate of drug-likeness (QED) is 0.899. The molecule has 0 spiro atoms. The van der Waals surface area contributed by atoms with Gasteiger partial charge in [-0.05, 0) is 80.1 Å². The number of hydrogen-bond acceptors (Lipinski definition) is 3. The first-order valence-electron chi connectivity index (χ1n) is 7.48. The highest BCUT2D eigenvalue weighted by Gasteiger charge is 2.23. The van der Waals surface area contributed by atoms with Crippen LogP contribution in [0.2, 0.25) is 0 Å². The highest BCUT2D eigenvalue weighted by molar-refractivity contribution is 7.92. The lowest BCUT2D eigenvalue weighted by Gasteiger charge is -2.19. The van der Waals surface area contributed by atoms with Gasteiger partial charge in [0.05, 0.1) is 11.5 Å². The van der Waals surface area contributed by atoms with E-state index in [2.05, 4.69) is 4.72 Å². The van der Waals surface area contributed by atoms with Crippen molar-refractivity contribution in [2.75, 3.05) is 4.72 Å². The van der Waals surface area contributed by atoms with Gasteiger partial charge in [0.1, 0.15) is 0 Å². The molecule has 0 bridgehead atoms. The molecular weight excluding hydrogens is 310 g/mol. The molecule has 0 saturated carbocycles. The van der Waals surface area contributed by atoms with Gasteiger partial charge < -0.3 is 5.11 Å². The van der Waals surface area contributed by atoms with E-state index >= 15 is 0 Å². The largest absolute Gasteiger partial charge is 0.392 e. The first kappa shape index (κ1) is 17.5. The Morgan fingerprint density at radius 3 is 1.96 bits per heavy atom. The number of benzene rings is 2. The summed E-state index contributed by atoms with van der Waals surface area (Å²) in [6, 6.07) is 6.77. The molecular formula is C18H23NO3S. The van der Waals surface area contributed by atoms with Gasteiger partial charge in [-0.25, -0.2) is 8.42 Å². The number of rotatable bonds is 4. The minimum Gasteiger partial charge on any atom is -0.392 e. The number of nitrogens with one attached hydrogen (secondary N) is 1. The van der Waals surface area contributed by atoms with Gasteiger partial charge in [-0.2, -0.15) is 0 Å². The van der Waals surface area contributed by atoms with E-state index in [0.717, 1.165) is 27.8 Å². The number of anilines is 1. The third-order valence-corrected chi connectivity index (χ3v) is 6.22. The van der Waals surface area contributed by atoms with Crippen LogP contribution in [0.3, 0.4) is 0 Å². The molecule has 0 aliphatic rings. The number of sulfonamides is 1. The van der Waals surface area contributed by atoms with Crippen molar-refractivity contribution < 1.29 is 13.5 Å². The monoisotopic (exact) mass is 333 g/mol. The van der Waals surface area contributed by atoms with E-state index < -0.39 is 10.0 Å². The molecule has 0 radical (unpaired) electrons. The van der Waals surface area contributed by atoms with Crippen LogP contribution in [0.25, 0.3) is 0 Å². The summed E-state index contributed by atoms with van der Waals surface area (Å²) in [6.07, 6.45) is 0. The number of hydrogen-bond donors (Lipinski definition) is 2. The minimum absolute atomic E-state index is 0.129. The Balaban J connectivity index is 2.56. The summed E-state index contributed by atoms with van der Waals surface area (Å²) in [5, 5.41) is 9.19. The summed E-state index contributed by atoms with van der Waals surface area (Å²) in [6.45, 7) is 9.46. The lowest BCUT2D eigenvalue weighted by atomic mass is 9.95. The SMILES string of the molecule is Cc1c(C)c(C)c(S(=O)(=O)Nc2cccc(CO)c2)c(C)c1C. The molecule has 2 N–H and O–H groups in total. The third kappa shape index (κ3) is 3.26. The lowest BCUT2D eigenvalue weighted by molar-refractivity contribution is 0.282. The van der Waals surface area contributed by atoms with Gasteiger partial charge in [0.2, 0.25) is 0 Å². The molecule has 2 rings (SSSR count). The van der Waals surface area contributed by atoms with Crippen LogP contribution in [-0.4, -0.2) is 13.5 Å². The molecule has 0 aliphatic heterocycles. The molecule has 5 heteroatoms.